The normalized spacial score (nSPS) is 19.8. The van der Waals surface area contributed by atoms with Crippen molar-refractivity contribution >= 4 is 7.28 Å². The van der Waals surface area contributed by atoms with E-state index in [2.05, 4.69) is 6.92 Å². The summed E-state index contributed by atoms with van der Waals surface area (Å²) >= 11 is 0. The molecule has 0 N–H and O–H groups in total. The molecule has 2 heteroatoms. The second-order valence-electron chi connectivity index (χ2n) is 2.29. The lowest BCUT2D eigenvalue weighted by Crippen LogP contribution is -2.08. The molecule has 0 atom stereocenters. The SMILES string of the molecule is CC1=C(C)OCCB1. The molecule has 0 saturated carbocycles. The maximum absolute atomic E-state index is 5.27. The summed E-state index contributed by atoms with van der Waals surface area (Å²) in [5.41, 5.74) is 1.41. The van der Waals surface area contributed by atoms with Gasteiger partial charge in [0, 0.05) is 0 Å². The summed E-state index contributed by atoms with van der Waals surface area (Å²) < 4.78 is 5.27. The van der Waals surface area contributed by atoms with Crippen LogP contribution in [-0.4, -0.2) is 13.9 Å². The van der Waals surface area contributed by atoms with Crippen molar-refractivity contribution in [1.82, 2.24) is 0 Å². The molecule has 8 heavy (non-hydrogen) atoms. The first-order valence-electron chi connectivity index (χ1n) is 3.10. The highest BCUT2D eigenvalue weighted by molar-refractivity contribution is 6.45. The fraction of sp³-hybridized carbons (Fsp3) is 0.667. The summed E-state index contributed by atoms with van der Waals surface area (Å²) in [6.45, 7) is 5.09. The fourth-order valence-electron chi connectivity index (χ4n) is 0.862. The summed E-state index contributed by atoms with van der Waals surface area (Å²) in [4.78, 5) is 0. The lowest BCUT2D eigenvalue weighted by molar-refractivity contribution is 0.224. The van der Waals surface area contributed by atoms with Gasteiger partial charge in [-0.2, -0.15) is 0 Å². The van der Waals surface area contributed by atoms with Crippen molar-refractivity contribution < 1.29 is 4.74 Å². The van der Waals surface area contributed by atoms with Crippen molar-refractivity contribution in [3.63, 3.8) is 0 Å². The zero-order valence-electron chi connectivity index (χ0n) is 5.53. The maximum atomic E-state index is 5.27. The summed E-state index contributed by atoms with van der Waals surface area (Å²) in [5, 5.41) is 0. The lowest BCUT2D eigenvalue weighted by Gasteiger charge is -2.14. The average molecular weight is 110 g/mol. The quantitative estimate of drug-likeness (QED) is 0.424. The van der Waals surface area contributed by atoms with Crippen molar-refractivity contribution in [2.75, 3.05) is 6.61 Å². The zero-order chi connectivity index (χ0) is 5.98. The maximum Gasteiger partial charge on any atom is 0.160 e. The molecule has 0 aromatic heterocycles. The van der Waals surface area contributed by atoms with Gasteiger partial charge in [-0.05, 0) is 20.2 Å². The predicted molar refractivity (Wildman–Crippen MR) is 36.3 cm³/mol. The van der Waals surface area contributed by atoms with Gasteiger partial charge < -0.3 is 4.74 Å². The molecular formula is C6H11BO. The number of allylic oxidation sites excluding steroid dienone is 2. The van der Waals surface area contributed by atoms with Gasteiger partial charge in [-0.15, -0.1) is 0 Å². The summed E-state index contributed by atoms with van der Waals surface area (Å²) in [5.74, 6) is 1.14. The third-order valence-corrected chi connectivity index (χ3v) is 1.62. The van der Waals surface area contributed by atoms with E-state index in [9.17, 15) is 0 Å². The molecule has 1 nitrogen and oxygen atoms in total. The number of ether oxygens (including phenoxy) is 1. The van der Waals surface area contributed by atoms with Crippen LogP contribution in [0.2, 0.25) is 6.32 Å². The third kappa shape index (κ3) is 1.06. The molecule has 0 aromatic carbocycles. The van der Waals surface area contributed by atoms with Crippen LogP contribution in [0.15, 0.2) is 11.2 Å². The van der Waals surface area contributed by atoms with Gasteiger partial charge in [-0.1, -0.05) is 5.47 Å². The fourth-order valence-corrected chi connectivity index (χ4v) is 0.862. The van der Waals surface area contributed by atoms with Gasteiger partial charge in [0.2, 0.25) is 0 Å². The second kappa shape index (κ2) is 2.25. The smallest absolute Gasteiger partial charge is 0.160 e. The summed E-state index contributed by atoms with van der Waals surface area (Å²) in [7, 11) is 1.23. The Kier molecular flexibility index (Phi) is 1.61. The van der Waals surface area contributed by atoms with Gasteiger partial charge in [-0.3, -0.25) is 0 Å². The van der Waals surface area contributed by atoms with E-state index in [0.29, 0.717) is 0 Å². The molecule has 0 aliphatic carbocycles. The van der Waals surface area contributed by atoms with E-state index in [-0.39, 0.29) is 0 Å². The summed E-state index contributed by atoms with van der Waals surface area (Å²) in [6, 6.07) is 0. The van der Waals surface area contributed by atoms with Crippen LogP contribution >= 0.6 is 0 Å². The van der Waals surface area contributed by atoms with Crippen LogP contribution < -0.4 is 0 Å². The molecule has 0 spiro atoms. The molecule has 44 valence electrons. The van der Waals surface area contributed by atoms with Gasteiger partial charge in [0.25, 0.3) is 0 Å². The molecule has 0 unspecified atom stereocenters. The van der Waals surface area contributed by atoms with Crippen molar-refractivity contribution in [2.45, 2.75) is 20.2 Å². The molecule has 1 heterocycles. The molecule has 0 amide bonds. The first-order chi connectivity index (χ1) is 3.80. The largest absolute Gasteiger partial charge is 0.500 e. The molecule has 1 rings (SSSR count). The minimum Gasteiger partial charge on any atom is -0.500 e. The molecule has 1 aliphatic heterocycles. The monoisotopic (exact) mass is 110 g/mol. The van der Waals surface area contributed by atoms with Crippen LogP contribution in [0, 0.1) is 0 Å². The zero-order valence-corrected chi connectivity index (χ0v) is 5.53. The molecule has 0 radical (unpaired) electrons. The van der Waals surface area contributed by atoms with E-state index in [0.717, 1.165) is 12.4 Å². The van der Waals surface area contributed by atoms with E-state index in [4.69, 9.17) is 4.74 Å². The third-order valence-electron chi connectivity index (χ3n) is 1.62. The van der Waals surface area contributed by atoms with E-state index in [1.165, 1.54) is 19.1 Å². The molecule has 0 aromatic rings. The average Bonchev–Trinajstić information content (AvgIpc) is 1.77. The molecule has 0 fully saturated rings. The Hall–Kier alpha value is -0.395. The predicted octanol–water partition coefficient (Wildman–Crippen LogP) is 1.12. The minimum atomic E-state index is 0.920. The first-order valence-corrected chi connectivity index (χ1v) is 3.10. The highest BCUT2D eigenvalue weighted by atomic mass is 16.5. The van der Waals surface area contributed by atoms with Gasteiger partial charge in [-0.25, -0.2) is 0 Å². The Balaban J connectivity index is 2.60. The van der Waals surface area contributed by atoms with Crippen molar-refractivity contribution in [3.8, 4) is 0 Å². The van der Waals surface area contributed by atoms with E-state index in [1.54, 1.807) is 0 Å². The van der Waals surface area contributed by atoms with E-state index >= 15 is 0 Å². The highest BCUT2D eigenvalue weighted by Crippen LogP contribution is 2.10. The van der Waals surface area contributed by atoms with Crippen LogP contribution in [0.4, 0.5) is 0 Å². The van der Waals surface area contributed by atoms with E-state index < -0.39 is 0 Å². The van der Waals surface area contributed by atoms with Crippen LogP contribution in [0.25, 0.3) is 0 Å². The highest BCUT2D eigenvalue weighted by Gasteiger charge is 2.05. The van der Waals surface area contributed by atoms with Crippen molar-refractivity contribution in [3.05, 3.63) is 11.2 Å². The van der Waals surface area contributed by atoms with Crippen LogP contribution in [0.5, 0.6) is 0 Å². The topological polar surface area (TPSA) is 9.23 Å². The number of hydrogen-bond donors (Lipinski definition) is 0. The van der Waals surface area contributed by atoms with Gasteiger partial charge in [0.05, 0.1) is 12.4 Å². The summed E-state index contributed by atoms with van der Waals surface area (Å²) in [6.07, 6.45) is 1.20. The van der Waals surface area contributed by atoms with Gasteiger partial charge in [0.1, 0.15) is 0 Å². The van der Waals surface area contributed by atoms with Crippen LogP contribution in [0.3, 0.4) is 0 Å². The minimum absolute atomic E-state index is 0.920. The molecular weight excluding hydrogens is 98.9 g/mol. The Morgan fingerprint density at radius 3 is 2.62 bits per heavy atom. The Labute approximate surface area is 51.0 Å². The standard InChI is InChI=1S/C6H11BO/c1-5-6(2)8-4-3-7-5/h7H,3-4H2,1-2H3. The van der Waals surface area contributed by atoms with E-state index in [1.807, 2.05) is 6.92 Å². The van der Waals surface area contributed by atoms with Crippen LogP contribution in [0.1, 0.15) is 13.8 Å². The number of rotatable bonds is 0. The second-order valence-corrected chi connectivity index (χ2v) is 2.29. The van der Waals surface area contributed by atoms with Crippen molar-refractivity contribution in [1.29, 1.82) is 0 Å². The molecule has 1 aliphatic rings. The molecule has 0 saturated heterocycles. The van der Waals surface area contributed by atoms with Gasteiger partial charge in [0.15, 0.2) is 7.28 Å². The first kappa shape index (κ1) is 5.74. The Morgan fingerprint density at radius 2 is 2.25 bits per heavy atom. The lowest BCUT2D eigenvalue weighted by atomic mass is 9.66. The van der Waals surface area contributed by atoms with Crippen LogP contribution in [-0.2, 0) is 4.74 Å². The van der Waals surface area contributed by atoms with Gasteiger partial charge >= 0.3 is 0 Å². The Morgan fingerprint density at radius 1 is 1.50 bits per heavy atom. The molecule has 0 bridgehead atoms. The Bertz CT molecular complexity index is 104. The van der Waals surface area contributed by atoms with Crippen molar-refractivity contribution in [2.24, 2.45) is 0 Å². The number of hydrogen-bond acceptors (Lipinski definition) is 1.